The molecular weight excluding hydrogens is 492 g/mol. The van der Waals surface area contributed by atoms with Crippen LogP contribution in [0.4, 0.5) is 4.79 Å². The van der Waals surface area contributed by atoms with Crippen molar-refractivity contribution >= 4 is 39.5 Å². The molecule has 7 nitrogen and oxygen atoms in total. The quantitative estimate of drug-likeness (QED) is 0.141. The summed E-state index contributed by atoms with van der Waals surface area (Å²) in [5, 5.41) is 9.88. The SMILES string of the molecule is COC(=O)[C@H](Cc1c2ccccc2cc2ccccc12)NC(=O)CCCCCNC(=O)OCc1ccccc1. The van der Waals surface area contributed by atoms with E-state index in [2.05, 4.69) is 28.8 Å². The third-order valence-corrected chi connectivity index (χ3v) is 6.67. The van der Waals surface area contributed by atoms with Crippen LogP contribution in [0.1, 0.15) is 36.8 Å². The molecule has 0 radical (unpaired) electrons. The van der Waals surface area contributed by atoms with Crippen LogP contribution < -0.4 is 10.6 Å². The van der Waals surface area contributed by atoms with Gasteiger partial charge in [0.1, 0.15) is 12.6 Å². The number of esters is 1. The highest BCUT2D eigenvalue weighted by Crippen LogP contribution is 2.29. The maximum Gasteiger partial charge on any atom is 0.407 e. The number of carbonyl (C=O) groups is 3. The van der Waals surface area contributed by atoms with Crippen molar-refractivity contribution in [1.82, 2.24) is 10.6 Å². The summed E-state index contributed by atoms with van der Waals surface area (Å²) >= 11 is 0. The van der Waals surface area contributed by atoms with Gasteiger partial charge in [0.25, 0.3) is 0 Å². The molecule has 0 aromatic heterocycles. The smallest absolute Gasteiger partial charge is 0.407 e. The highest BCUT2D eigenvalue weighted by atomic mass is 16.5. The summed E-state index contributed by atoms with van der Waals surface area (Å²) in [6, 6.07) is 26.9. The van der Waals surface area contributed by atoms with Crippen LogP contribution in [0.25, 0.3) is 21.5 Å². The molecular formula is C32H34N2O5. The standard InChI is InChI=1S/C32H34N2O5/c1-38-31(36)29(21-28-26-16-9-7-14-24(26)20-25-15-8-10-17-27(25)28)34-30(35)18-6-3-11-19-33-32(37)39-22-23-12-4-2-5-13-23/h2,4-5,7-10,12-17,20,29H,3,6,11,18-19,21-22H2,1H3,(H,33,37)(H,34,35)/t29-/m0/s1. The number of fused-ring (bicyclic) bond motifs is 2. The Morgan fingerprint density at radius 3 is 2.10 bits per heavy atom. The van der Waals surface area contributed by atoms with Crippen LogP contribution in [0.5, 0.6) is 0 Å². The lowest BCUT2D eigenvalue weighted by molar-refractivity contribution is -0.145. The van der Waals surface area contributed by atoms with Gasteiger partial charge in [-0.3, -0.25) is 4.79 Å². The van der Waals surface area contributed by atoms with Crippen LogP contribution in [0.15, 0.2) is 84.9 Å². The number of hydrogen-bond acceptors (Lipinski definition) is 5. The topological polar surface area (TPSA) is 93.7 Å². The number of nitrogens with one attached hydrogen (secondary N) is 2. The lowest BCUT2D eigenvalue weighted by atomic mass is 9.92. The maximum absolute atomic E-state index is 12.7. The Balaban J connectivity index is 1.26. The predicted octanol–water partition coefficient (Wildman–Crippen LogP) is 5.68. The van der Waals surface area contributed by atoms with Gasteiger partial charge in [-0.25, -0.2) is 9.59 Å². The number of carbonyl (C=O) groups excluding carboxylic acids is 3. The molecule has 2 N–H and O–H groups in total. The van der Waals surface area contributed by atoms with Crippen LogP contribution in [0.2, 0.25) is 0 Å². The van der Waals surface area contributed by atoms with E-state index in [0.717, 1.165) is 45.5 Å². The van der Waals surface area contributed by atoms with Crippen molar-refractivity contribution < 1.29 is 23.9 Å². The van der Waals surface area contributed by atoms with Crippen LogP contribution in [0.3, 0.4) is 0 Å². The van der Waals surface area contributed by atoms with Gasteiger partial charge >= 0.3 is 12.1 Å². The molecule has 4 aromatic carbocycles. The van der Waals surface area contributed by atoms with Crippen LogP contribution in [0, 0.1) is 0 Å². The molecule has 39 heavy (non-hydrogen) atoms. The predicted molar refractivity (Wildman–Crippen MR) is 152 cm³/mol. The summed E-state index contributed by atoms with van der Waals surface area (Å²) in [6.45, 7) is 0.691. The molecule has 1 atom stereocenters. The van der Waals surface area contributed by atoms with Crippen molar-refractivity contribution in [2.24, 2.45) is 0 Å². The first kappa shape index (κ1) is 27.6. The summed E-state index contributed by atoms with van der Waals surface area (Å²) in [7, 11) is 1.33. The molecule has 0 heterocycles. The third kappa shape index (κ3) is 7.80. The maximum atomic E-state index is 12.7. The summed E-state index contributed by atoms with van der Waals surface area (Å²) in [4.78, 5) is 37.2. The highest BCUT2D eigenvalue weighted by Gasteiger charge is 2.24. The zero-order valence-electron chi connectivity index (χ0n) is 22.2. The van der Waals surface area contributed by atoms with E-state index in [1.165, 1.54) is 7.11 Å². The second-order valence-electron chi connectivity index (χ2n) is 9.44. The van der Waals surface area contributed by atoms with Crippen molar-refractivity contribution in [3.63, 3.8) is 0 Å². The summed E-state index contributed by atoms with van der Waals surface area (Å²) in [6.07, 6.45) is 2.26. The molecule has 0 unspecified atom stereocenters. The lowest BCUT2D eigenvalue weighted by Gasteiger charge is -2.19. The Bertz CT molecular complexity index is 1370. The Labute approximate surface area is 228 Å². The molecule has 0 saturated carbocycles. The zero-order chi connectivity index (χ0) is 27.5. The second-order valence-corrected chi connectivity index (χ2v) is 9.44. The molecule has 0 saturated heterocycles. The van der Waals surface area contributed by atoms with E-state index in [1.54, 1.807) is 0 Å². The second kappa shape index (κ2) is 14.0. The van der Waals surface area contributed by atoms with E-state index in [-0.39, 0.29) is 18.9 Å². The number of alkyl carbamates (subject to hydrolysis) is 1. The third-order valence-electron chi connectivity index (χ3n) is 6.67. The molecule has 0 fully saturated rings. The lowest BCUT2D eigenvalue weighted by Crippen LogP contribution is -2.43. The van der Waals surface area contributed by atoms with E-state index < -0.39 is 18.1 Å². The largest absolute Gasteiger partial charge is 0.467 e. The fourth-order valence-electron chi connectivity index (χ4n) is 4.69. The number of hydrogen-bond donors (Lipinski definition) is 2. The van der Waals surface area contributed by atoms with Gasteiger partial charge in [0.2, 0.25) is 5.91 Å². The monoisotopic (exact) mass is 526 g/mol. The molecule has 202 valence electrons. The number of amides is 2. The molecule has 7 heteroatoms. The van der Waals surface area contributed by atoms with E-state index in [9.17, 15) is 14.4 Å². The number of ether oxygens (including phenoxy) is 2. The highest BCUT2D eigenvalue weighted by molar-refractivity contribution is 6.02. The molecule has 0 aliphatic rings. The Morgan fingerprint density at radius 1 is 0.795 bits per heavy atom. The number of methoxy groups -OCH3 is 1. The molecule has 4 rings (SSSR count). The molecule has 0 bridgehead atoms. The van der Waals surface area contributed by atoms with Crippen molar-refractivity contribution in [2.75, 3.05) is 13.7 Å². The summed E-state index contributed by atoms with van der Waals surface area (Å²) < 4.78 is 10.2. The Kier molecular flexibility index (Phi) is 9.89. The van der Waals surface area contributed by atoms with Crippen LogP contribution in [-0.4, -0.2) is 37.7 Å². The molecule has 0 aliphatic heterocycles. The number of benzene rings is 4. The first-order chi connectivity index (χ1) is 19.0. The van der Waals surface area contributed by atoms with Crippen molar-refractivity contribution in [3.05, 3.63) is 96.1 Å². The average Bonchev–Trinajstić information content (AvgIpc) is 2.97. The Hall–Kier alpha value is -4.39. The fraction of sp³-hybridized carbons (Fsp3) is 0.281. The van der Waals surface area contributed by atoms with Gasteiger partial charge in [0.15, 0.2) is 0 Å². The minimum Gasteiger partial charge on any atom is -0.467 e. The zero-order valence-corrected chi connectivity index (χ0v) is 22.2. The molecule has 4 aromatic rings. The first-order valence-corrected chi connectivity index (χ1v) is 13.3. The van der Waals surface area contributed by atoms with E-state index >= 15 is 0 Å². The molecule has 2 amide bonds. The van der Waals surface area contributed by atoms with Crippen molar-refractivity contribution in [1.29, 1.82) is 0 Å². The number of unbranched alkanes of at least 4 members (excludes halogenated alkanes) is 2. The number of rotatable bonds is 12. The van der Waals surface area contributed by atoms with Crippen LogP contribution >= 0.6 is 0 Å². The molecule has 0 aliphatic carbocycles. The van der Waals surface area contributed by atoms with Crippen molar-refractivity contribution in [2.45, 2.75) is 44.8 Å². The van der Waals surface area contributed by atoms with E-state index in [4.69, 9.17) is 9.47 Å². The van der Waals surface area contributed by atoms with Gasteiger partial charge < -0.3 is 20.1 Å². The van der Waals surface area contributed by atoms with Gasteiger partial charge in [0, 0.05) is 19.4 Å². The fourth-order valence-corrected chi connectivity index (χ4v) is 4.69. The molecule has 0 spiro atoms. The average molecular weight is 527 g/mol. The van der Waals surface area contributed by atoms with Gasteiger partial charge in [-0.05, 0) is 51.6 Å². The van der Waals surface area contributed by atoms with E-state index in [0.29, 0.717) is 19.4 Å². The summed E-state index contributed by atoms with van der Waals surface area (Å²) in [5.74, 6) is -0.677. The first-order valence-electron chi connectivity index (χ1n) is 13.3. The Morgan fingerprint density at radius 2 is 1.44 bits per heavy atom. The van der Waals surface area contributed by atoms with E-state index in [1.807, 2.05) is 66.7 Å². The van der Waals surface area contributed by atoms with Gasteiger partial charge in [0.05, 0.1) is 7.11 Å². The van der Waals surface area contributed by atoms with Gasteiger partial charge in [-0.1, -0.05) is 85.3 Å². The van der Waals surface area contributed by atoms with Crippen molar-refractivity contribution in [3.8, 4) is 0 Å². The minimum absolute atomic E-state index is 0.204. The normalized spacial score (nSPS) is 11.6. The summed E-state index contributed by atoms with van der Waals surface area (Å²) in [5.41, 5.74) is 1.93. The van der Waals surface area contributed by atoms with Gasteiger partial charge in [-0.2, -0.15) is 0 Å². The minimum atomic E-state index is -0.794. The van der Waals surface area contributed by atoms with Gasteiger partial charge in [-0.15, -0.1) is 0 Å². The van der Waals surface area contributed by atoms with Crippen LogP contribution in [-0.2, 0) is 32.1 Å².